The molecule has 7 heteroatoms. The van der Waals surface area contributed by atoms with E-state index in [9.17, 15) is 17.6 Å². The highest BCUT2D eigenvalue weighted by Crippen LogP contribution is 2.16. The summed E-state index contributed by atoms with van der Waals surface area (Å²) in [6, 6.07) is 6.69. The van der Waals surface area contributed by atoms with Gasteiger partial charge in [-0.05, 0) is 25.8 Å². The summed E-state index contributed by atoms with van der Waals surface area (Å²) in [5, 5.41) is 1.77. The standard InChI is InChI=1S/C16H23FN2O3S/c1-12(23(2,21)22)16(20)18-14-7-9-19(10-8-14)11-13-5-3-4-6-15(13)17/h3-6,12,14H,7-11H2,1-2H3,(H,18,20). The first-order valence-electron chi connectivity index (χ1n) is 7.72. The first-order chi connectivity index (χ1) is 10.8. The number of nitrogens with one attached hydrogen (secondary N) is 1. The zero-order valence-electron chi connectivity index (χ0n) is 13.5. The molecule has 1 amide bonds. The number of amides is 1. The highest BCUT2D eigenvalue weighted by molar-refractivity contribution is 7.92. The summed E-state index contributed by atoms with van der Waals surface area (Å²) in [7, 11) is -3.37. The van der Waals surface area contributed by atoms with Gasteiger partial charge < -0.3 is 5.32 Å². The Hall–Kier alpha value is -1.47. The molecule has 5 nitrogen and oxygen atoms in total. The number of rotatable bonds is 5. The predicted octanol–water partition coefficient (Wildman–Crippen LogP) is 1.34. The van der Waals surface area contributed by atoms with Crippen molar-refractivity contribution in [3.8, 4) is 0 Å². The minimum Gasteiger partial charge on any atom is -0.352 e. The monoisotopic (exact) mass is 342 g/mol. The maximum absolute atomic E-state index is 13.7. The Labute approximate surface area is 136 Å². The molecule has 0 spiro atoms. The summed E-state index contributed by atoms with van der Waals surface area (Å²) in [5.41, 5.74) is 0.667. The fourth-order valence-corrected chi connectivity index (χ4v) is 3.07. The zero-order valence-corrected chi connectivity index (χ0v) is 14.3. The number of hydrogen-bond acceptors (Lipinski definition) is 4. The van der Waals surface area contributed by atoms with Crippen molar-refractivity contribution >= 4 is 15.7 Å². The average Bonchev–Trinajstić information content (AvgIpc) is 2.49. The summed E-state index contributed by atoms with van der Waals surface area (Å²) >= 11 is 0. The molecule has 0 radical (unpaired) electrons. The number of hydrogen-bond donors (Lipinski definition) is 1. The van der Waals surface area contributed by atoms with Crippen molar-refractivity contribution in [3.63, 3.8) is 0 Å². The number of sulfone groups is 1. The van der Waals surface area contributed by atoms with Gasteiger partial charge in [-0.25, -0.2) is 12.8 Å². The third-order valence-corrected chi connectivity index (χ3v) is 5.80. The van der Waals surface area contributed by atoms with Crippen LogP contribution in [0.15, 0.2) is 24.3 Å². The number of halogens is 1. The van der Waals surface area contributed by atoms with Gasteiger partial charge in [0, 0.05) is 37.5 Å². The Bertz CT molecular complexity index is 655. The number of likely N-dealkylation sites (tertiary alicyclic amines) is 1. The quantitative estimate of drug-likeness (QED) is 0.877. The Morgan fingerprint density at radius 3 is 2.52 bits per heavy atom. The van der Waals surface area contributed by atoms with Crippen LogP contribution in [0.1, 0.15) is 25.3 Å². The van der Waals surface area contributed by atoms with E-state index >= 15 is 0 Å². The average molecular weight is 342 g/mol. The van der Waals surface area contributed by atoms with Gasteiger partial charge >= 0.3 is 0 Å². The molecule has 1 saturated heterocycles. The van der Waals surface area contributed by atoms with E-state index in [0.717, 1.165) is 32.2 Å². The van der Waals surface area contributed by atoms with Crippen molar-refractivity contribution in [2.45, 2.75) is 37.6 Å². The van der Waals surface area contributed by atoms with Crippen molar-refractivity contribution in [2.75, 3.05) is 19.3 Å². The molecule has 0 aliphatic carbocycles. The van der Waals surface area contributed by atoms with E-state index < -0.39 is 21.0 Å². The number of benzene rings is 1. The molecule has 0 saturated carbocycles. The minimum atomic E-state index is -3.37. The van der Waals surface area contributed by atoms with Gasteiger partial charge in [0.05, 0.1) is 0 Å². The summed E-state index contributed by atoms with van der Waals surface area (Å²) in [5.74, 6) is -0.648. The Morgan fingerprint density at radius 1 is 1.35 bits per heavy atom. The van der Waals surface area contributed by atoms with Gasteiger partial charge in [-0.1, -0.05) is 18.2 Å². The summed E-state index contributed by atoms with van der Waals surface area (Å²) in [6.07, 6.45) is 2.53. The van der Waals surface area contributed by atoms with E-state index in [0.29, 0.717) is 12.1 Å². The van der Waals surface area contributed by atoms with Crippen molar-refractivity contribution < 1.29 is 17.6 Å². The molecule has 1 heterocycles. The van der Waals surface area contributed by atoms with Crippen LogP contribution < -0.4 is 5.32 Å². The third kappa shape index (κ3) is 5.00. The summed E-state index contributed by atoms with van der Waals surface area (Å²) in [4.78, 5) is 14.1. The summed E-state index contributed by atoms with van der Waals surface area (Å²) < 4.78 is 36.4. The van der Waals surface area contributed by atoms with Gasteiger partial charge in [-0.2, -0.15) is 0 Å². The van der Waals surface area contributed by atoms with Gasteiger partial charge in [-0.3, -0.25) is 9.69 Å². The van der Waals surface area contributed by atoms with E-state index in [1.807, 2.05) is 6.07 Å². The molecule has 1 aliphatic heterocycles. The van der Waals surface area contributed by atoms with Crippen LogP contribution in [0.3, 0.4) is 0 Å². The lowest BCUT2D eigenvalue weighted by Crippen LogP contribution is -2.48. The zero-order chi connectivity index (χ0) is 17.0. The molecule has 1 aliphatic rings. The molecule has 0 bridgehead atoms. The van der Waals surface area contributed by atoms with E-state index in [4.69, 9.17) is 0 Å². The molecule has 1 fully saturated rings. The molecule has 1 aromatic carbocycles. The smallest absolute Gasteiger partial charge is 0.238 e. The Kier molecular flexibility index (Phi) is 5.75. The SMILES string of the molecule is CC(C(=O)NC1CCN(Cc2ccccc2F)CC1)S(C)(=O)=O. The number of piperidine rings is 1. The van der Waals surface area contributed by atoms with E-state index in [1.54, 1.807) is 12.1 Å². The number of nitrogens with zero attached hydrogens (tertiary/aromatic N) is 1. The van der Waals surface area contributed by atoms with Gasteiger partial charge in [-0.15, -0.1) is 0 Å². The molecular weight excluding hydrogens is 319 g/mol. The maximum atomic E-state index is 13.7. The Balaban J connectivity index is 1.82. The van der Waals surface area contributed by atoms with E-state index in [1.165, 1.54) is 13.0 Å². The van der Waals surface area contributed by atoms with Crippen LogP contribution >= 0.6 is 0 Å². The van der Waals surface area contributed by atoms with Crippen molar-refractivity contribution in [3.05, 3.63) is 35.6 Å². The molecule has 1 atom stereocenters. The maximum Gasteiger partial charge on any atom is 0.238 e. The fraction of sp³-hybridized carbons (Fsp3) is 0.562. The van der Waals surface area contributed by atoms with Gasteiger partial charge in [0.2, 0.25) is 5.91 Å². The fourth-order valence-electron chi connectivity index (χ4n) is 2.62. The van der Waals surface area contributed by atoms with E-state index in [-0.39, 0.29) is 11.9 Å². The lowest BCUT2D eigenvalue weighted by atomic mass is 10.0. The van der Waals surface area contributed by atoms with Gasteiger partial charge in [0.25, 0.3) is 0 Å². The summed E-state index contributed by atoms with van der Waals surface area (Å²) in [6.45, 7) is 3.43. The molecule has 1 unspecified atom stereocenters. The van der Waals surface area contributed by atoms with Crippen LogP contribution in [0.2, 0.25) is 0 Å². The minimum absolute atomic E-state index is 0.0245. The molecule has 0 aromatic heterocycles. The molecule has 1 N–H and O–H groups in total. The second-order valence-electron chi connectivity index (χ2n) is 6.12. The molecule has 23 heavy (non-hydrogen) atoms. The van der Waals surface area contributed by atoms with Crippen molar-refractivity contribution in [2.24, 2.45) is 0 Å². The topological polar surface area (TPSA) is 66.5 Å². The van der Waals surface area contributed by atoms with Crippen molar-refractivity contribution in [1.82, 2.24) is 10.2 Å². The number of carbonyl (C=O) groups is 1. The second kappa shape index (κ2) is 7.40. The first kappa shape index (κ1) is 17.9. The lowest BCUT2D eigenvalue weighted by Gasteiger charge is -2.32. The molecule has 128 valence electrons. The number of carbonyl (C=O) groups excluding carboxylic acids is 1. The van der Waals surface area contributed by atoms with Crippen LogP contribution in [-0.2, 0) is 21.2 Å². The largest absolute Gasteiger partial charge is 0.352 e. The molecule has 2 rings (SSSR count). The lowest BCUT2D eigenvalue weighted by molar-refractivity contribution is -0.121. The predicted molar refractivity (Wildman–Crippen MR) is 87.1 cm³/mol. The Morgan fingerprint density at radius 2 is 1.96 bits per heavy atom. The molecule has 1 aromatic rings. The molecular formula is C16H23FN2O3S. The van der Waals surface area contributed by atoms with Crippen LogP contribution in [0, 0.1) is 5.82 Å². The third-order valence-electron chi connectivity index (χ3n) is 4.30. The van der Waals surface area contributed by atoms with E-state index in [2.05, 4.69) is 10.2 Å². The van der Waals surface area contributed by atoms with Gasteiger partial charge in [0.1, 0.15) is 11.1 Å². The van der Waals surface area contributed by atoms with Crippen LogP contribution in [0.5, 0.6) is 0 Å². The normalized spacial score (nSPS) is 18.6. The second-order valence-corrected chi connectivity index (χ2v) is 8.49. The van der Waals surface area contributed by atoms with Gasteiger partial charge in [0.15, 0.2) is 9.84 Å². The van der Waals surface area contributed by atoms with Crippen molar-refractivity contribution in [1.29, 1.82) is 0 Å². The highest BCUT2D eigenvalue weighted by Gasteiger charge is 2.27. The van der Waals surface area contributed by atoms with Crippen LogP contribution in [0.25, 0.3) is 0 Å². The van der Waals surface area contributed by atoms with Crippen LogP contribution in [-0.4, -0.2) is 49.9 Å². The highest BCUT2D eigenvalue weighted by atomic mass is 32.2. The first-order valence-corrected chi connectivity index (χ1v) is 9.68. The van der Waals surface area contributed by atoms with Crippen LogP contribution in [0.4, 0.5) is 4.39 Å².